The molecule has 0 aromatic heterocycles. The Morgan fingerprint density at radius 3 is 2.74 bits per heavy atom. The average molecular weight is 315 g/mol. The average Bonchev–Trinajstić information content (AvgIpc) is 2.52. The molecule has 5 heteroatoms. The Morgan fingerprint density at radius 1 is 1.39 bits per heavy atom. The van der Waals surface area contributed by atoms with E-state index in [9.17, 15) is 9.18 Å². The first-order valence-electron chi connectivity index (χ1n) is 7.13. The van der Waals surface area contributed by atoms with E-state index in [0.717, 1.165) is 10.9 Å². The summed E-state index contributed by atoms with van der Waals surface area (Å²) in [6.45, 7) is 3.82. The van der Waals surface area contributed by atoms with E-state index in [1.807, 2.05) is 13.8 Å². The topological polar surface area (TPSA) is 47.6 Å². The number of halogens is 1. The van der Waals surface area contributed by atoms with Crippen LogP contribution in [0.25, 0.3) is 10.8 Å². The molecule has 0 radical (unpaired) electrons. The highest BCUT2D eigenvalue weighted by Gasteiger charge is 2.15. The maximum Gasteiger partial charge on any atom is 0.413 e. The molecule has 0 heterocycles. The standard InChI is InChI=1S/C18H18FNO3/c1-5-14-16(19)7-6-12-8-13(20-18(21)23-10-22-4)9-15(11(2)3)17(12)14/h1,6-9,11H,10H2,2-4H3,(H,20,21). The number of carbonyl (C=O) groups excluding carboxylic acids is 1. The summed E-state index contributed by atoms with van der Waals surface area (Å²) in [5, 5.41) is 4.08. The molecule has 2 aromatic carbocycles. The van der Waals surface area contributed by atoms with Gasteiger partial charge in [0.15, 0.2) is 6.79 Å². The predicted octanol–water partition coefficient (Wildman–Crippen LogP) is 4.24. The van der Waals surface area contributed by atoms with Crippen molar-refractivity contribution < 1.29 is 18.7 Å². The van der Waals surface area contributed by atoms with Crippen LogP contribution in [0.4, 0.5) is 14.9 Å². The van der Waals surface area contributed by atoms with Crippen LogP contribution in [0.1, 0.15) is 30.9 Å². The number of anilines is 1. The molecule has 0 unspecified atom stereocenters. The van der Waals surface area contributed by atoms with Gasteiger partial charge in [0.1, 0.15) is 5.82 Å². The number of benzene rings is 2. The highest BCUT2D eigenvalue weighted by molar-refractivity contribution is 5.96. The Bertz CT molecular complexity index is 778. The molecule has 1 N–H and O–H groups in total. The Hall–Kier alpha value is -2.58. The number of methoxy groups -OCH3 is 1. The van der Waals surface area contributed by atoms with Gasteiger partial charge in [-0.05, 0) is 35.1 Å². The second kappa shape index (κ2) is 7.12. The number of terminal acetylenes is 1. The molecule has 0 aliphatic heterocycles. The van der Waals surface area contributed by atoms with Crippen LogP contribution in [0.2, 0.25) is 0 Å². The lowest BCUT2D eigenvalue weighted by atomic mass is 9.92. The van der Waals surface area contributed by atoms with Gasteiger partial charge >= 0.3 is 6.09 Å². The van der Waals surface area contributed by atoms with Gasteiger partial charge in [0.25, 0.3) is 0 Å². The van der Waals surface area contributed by atoms with E-state index >= 15 is 0 Å². The molecule has 2 aromatic rings. The molecule has 0 spiro atoms. The highest BCUT2D eigenvalue weighted by Crippen LogP contribution is 2.32. The van der Waals surface area contributed by atoms with Gasteiger partial charge in [-0.3, -0.25) is 5.32 Å². The van der Waals surface area contributed by atoms with Crippen LogP contribution in [-0.2, 0) is 9.47 Å². The summed E-state index contributed by atoms with van der Waals surface area (Å²) in [5.41, 5.74) is 1.65. The van der Waals surface area contributed by atoms with Gasteiger partial charge in [0.05, 0.1) is 5.56 Å². The zero-order valence-corrected chi connectivity index (χ0v) is 13.3. The number of rotatable bonds is 4. The largest absolute Gasteiger partial charge is 0.422 e. The monoisotopic (exact) mass is 315 g/mol. The highest BCUT2D eigenvalue weighted by atomic mass is 19.1. The molecule has 4 nitrogen and oxygen atoms in total. The first-order valence-corrected chi connectivity index (χ1v) is 7.13. The first kappa shape index (κ1) is 16.8. The summed E-state index contributed by atoms with van der Waals surface area (Å²) >= 11 is 0. The predicted molar refractivity (Wildman–Crippen MR) is 87.9 cm³/mol. The summed E-state index contributed by atoms with van der Waals surface area (Å²) in [6.07, 6.45) is 4.84. The van der Waals surface area contributed by atoms with Crippen molar-refractivity contribution in [2.75, 3.05) is 19.2 Å². The third-order valence-corrected chi connectivity index (χ3v) is 3.42. The summed E-state index contributed by atoms with van der Waals surface area (Å²) < 4.78 is 23.5. The van der Waals surface area contributed by atoms with E-state index in [1.54, 1.807) is 18.2 Å². The quantitative estimate of drug-likeness (QED) is 0.678. The zero-order chi connectivity index (χ0) is 17.0. The molecule has 0 bridgehead atoms. The second-order valence-corrected chi connectivity index (χ2v) is 5.35. The van der Waals surface area contributed by atoms with Gasteiger partial charge in [-0.2, -0.15) is 0 Å². The van der Waals surface area contributed by atoms with Crippen molar-refractivity contribution in [3.05, 3.63) is 41.2 Å². The fourth-order valence-electron chi connectivity index (χ4n) is 2.41. The van der Waals surface area contributed by atoms with Crippen molar-refractivity contribution >= 4 is 22.6 Å². The fraction of sp³-hybridized carbons (Fsp3) is 0.278. The maximum atomic E-state index is 14.0. The maximum absolute atomic E-state index is 14.0. The lowest BCUT2D eigenvalue weighted by Gasteiger charge is -2.15. The zero-order valence-electron chi connectivity index (χ0n) is 13.3. The molecule has 0 saturated carbocycles. The number of hydrogen-bond acceptors (Lipinski definition) is 3. The third-order valence-electron chi connectivity index (χ3n) is 3.42. The summed E-state index contributed by atoms with van der Waals surface area (Å²) in [6, 6.07) is 6.48. The molecular weight excluding hydrogens is 297 g/mol. The van der Waals surface area contributed by atoms with Crippen LogP contribution >= 0.6 is 0 Å². The van der Waals surface area contributed by atoms with Gasteiger partial charge in [-0.15, -0.1) is 6.42 Å². The molecular formula is C18H18FNO3. The van der Waals surface area contributed by atoms with Crippen molar-refractivity contribution in [1.29, 1.82) is 0 Å². The van der Waals surface area contributed by atoms with Gasteiger partial charge in [0.2, 0.25) is 0 Å². The third kappa shape index (κ3) is 3.61. The van der Waals surface area contributed by atoms with E-state index in [4.69, 9.17) is 11.2 Å². The van der Waals surface area contributed by atoms with E-state index in [0.29, 0.717) is 11.1 Å². The van der Waals surface area contributed by atoms with Crippen LogP contribution < -0.4 is 5.32 Å². The van der Waals surface area contributed by atoms with Crippen LogP contribution in [-0.4, -0.2) is 20.0 Å². The molecule has 0 atom stereocenters. The smallest absolute Gasteiger partial charge is 0.413 e. The molecule has 0 aliphatic carbocycles. The van der Waals surface area contributed by atoms with Crippen molar-refractivity contribution in [2.45, 2.75) is 19.8 Å². The fourth-order valence-corrected chi connectivity index (χ4v) is 2.41. The van der Waals surface area contributed by atoms with Crippen LogP contribution in [0.3, 0.4) is 0 Å². The Kier molecular flexibility index (Phi) is 5.20. The van der Waals surface area contributed by atoms with Crippen LogP contribution in [0.5, 0.6) is 0 Å². The minimum Gasteiger partial charge on any atom is -0.422 e. The summed E-state index contributed by atoms with van der Waals surface area (Å²) in [4.78, 5) is 11.7. The molecule has 2 rings (SSSR count). The molecule has 0 fully saturated rings. The Balaban J connectivity index is 2.53. The van der Waals surface area contributed by atoms with E-state index < -0.39 is 11.9 Å². The lowest BCUT2D eigenvalue weighted by Crippen LogP contribution is -2.15. The number of fused-ring (bicyclic) bond motifs is 1. The summed E-state index contributed by atoms with van der Waals surface area (Å²) in [7, 11) is 1.43. The van der Waals surface area contributed by atoms with E-state index in [1.165, 1.54) is 13.2 Å². The van der Waals surface area contributed by atoms with Crippen molar-refractivity contribution in [2.24, 2.45) is 0 Å². The minimum atomic E-state index is -0.625. The molecule has 1 amide bonds. The second-order valence-electron chi connectivity index (χ2n) is 5.35. The Labute approximate surface area is 134 Å². The summed E-state index contributed by atoms with van der Waals surface area (Å²) in [5.74, 6) is 2.09. The molecule has 120 valence electrons. The van der Waals surface area contributed by atoms with Gasteiger partial charge < -0.3 is 9.47 Å². The lowest BCUT2D eigenvalue weighted by molar-refractivity contribution is 0.0183. The molecule has 0 aliphatic rings. The number of nitrogens with one attached hydrogen (secondary N) is 1. The number of hydrogen-bond donors (Lipinski definition) is 1. The normalized spacial score (nSPS) is 10.6. The van der Waals surface area contributed by atoms with Crippen LogP contribution in [0.15, 0.2) is 24.3 Å². The van der Waals surface area contributed by atoms with Crippen molar-refractivity contribution in [1.82, 2.24) is 0 Å². The van der Waals surface area contributed by atoms with E-state index in [2.05, 4.69) is 16.0 Å². The van der Waals surface area contributed by atoms with Crippen molar-refractivity contribution in [3.63, 3.8) is 0 Å². The number of amides is 1. The van der Waals surface area contributed by atoms with E-state index in [-0.39, 0.29) is 18.3 Å². The van der Waals surface area contributed by atoms with Gasteiger partial charge in [0, 0.05) is 18.2 Å². The van der Waals surface area contributed by atoms with Crippen molar-refractivity contribution in [3.8, 4) is 12.3 Å². The minimum absolute atomic E-state index is 0.100. The molecule has 0 saturated heterocycles. The van der Waals surface area contributed by atoms with Crippen LogP contribution in [0, 0.1) is 18.2 Å². The number of carbonyl (C=O) groups is 1. The van der Waals surface area contributed by atoms with Gasteiger partial charge in [-0.25, -0.2) is 9.18 Å². The number of ether oxygens (including phenoxy) is 2. The SMILES string of the molecule is C#Cc1c(F)ccc2cc(NC(=O)OCOC)cc(C(C)C)c12. The molecule has 23 heavy (non-hydrogen) atoms. The first-order chi connectivity index (χ1) is 11.0. The van der Waals surface area contributed by atoms with Gasteiger partial charge in [-0.1, -0.05) is 25.8 Å². The Morgan fingerprint density at radius 2 is 2.13 bits per heavy atom.